The second kappa shape index (κ2) is 5.72. The average molecular weight is 272 g/mol. The lowest BCUT2D eigenvalue weighted by atomic mass is 10.00. The molecule has 0 spiro atoms. The molecule has 0 amide bonds. The Balaban J connectivity index is 1.85. The molecule has 0 radical (unpaired) electrons. The third-order valence-corrected chi connectivity index (χ3v) is 4.51. The molecule has 4 heteroatoms. The largest absolute Gasteiger partial charge is 0.312 e. The number of rotatable bonds is 3. The Morgan fingerprint density at radius 1 is 1.37 bits per heavy atom. The van der Waals surface area contributed by atoms with Gasteiger partial charge in [0.1, 0.15) is 0 Å². The number of nitrogens with zero attached hydrogens (tertiary/aromatic N) is 1. The normalized spacial score (nSPS) is 19.5. The summed E-state index contributed by atoms with van der Waals surface area (Å²) < 4.78 is 0. The van der Waals surface area contributed by atoms with E-state index in [-0.39, 0.29) is 5.78 Å². The smallest absolute Gasteiger partial charge is 0.165 e. The Kier molecular flexibility index (Phi) is 3.80. The Labute approximate surface area is 116 Å². The van der Waals surface area contributed by atoms with E-state index in [9.17, 15) is 4.79 Å². The van der Waals surface area contributed by atoms with Gasteiger partial charge in [-0.15, -0.1) is 0 Å². The van der Waals surface area contributed by atoms with E-state index in [2.05, 4.69) is 10.3 Å². The van der Waals surface area contributed by atoms with Gasteiger partial charge in [-0.25, -0.2) is 0 Å². The molecular weight excluding hydrogens is 256 g/mol. The van der Waals surface area contributed by atoms with Gasteiger partial charge in [-0.2, -0.15) is 11.8 Å². The van der Waals surface area contributed by atoms with Crippen LogP contribution in [0.1, 0.15) is 16.8 Å². The molecule has 1 saturated heterocycles. The van der Waals surface area contributed by atoms with Gasteiger partial charge in [-0.3, -0.25) is 9.78 Å². The second-order valence-corrected chi connectivity index (χ2v) is 5.88. The number of Topliss-reactive ketones (excluding diaryl/α,β-unsaturated/α-hetero) is 1. The zero-order valence-electron chi connectivity index (χ0n) is 10.6. The standard InChI is InChI=1S/C15H16N2OS/c18-15(9-11-10-19-8-7-16-11)13-3-1-5-14-12(13)4-2-6-17-14/h1-6,11,16H,7-10H2. The first kappa shape index (κ1) is 12.6. The van der Waals surface area contributed by atoms with Gasteiger partial charge in [0.2, 0.25) is 0 Å². The van der Waals surface area contributed by atoms with E-state index < -0.39 is 0 Å². The van der Waals surface area contributed by atoms with E-state index in [1.807, 2.05) is 42.1 Å². The number of ketones is 1. The molecule has 3 rings (SSSR count). The first-order valence-electron chi connectivity index (χ1n) is 6.52. The summed E-state index contributed by atoms with van der Waals surface area (Å²) in [4.78, 5) is 16.7. The number of nitrogens with one attached hydrogen (secondary N) is 1. The number of pyridine rings is 1. The molecular formula is C15H16N2OS. The predicted octanol–water partition coefficient (Wildman–Crippen LogP) is 2.51. The highest BCUT2D eigenvalue weighted by Crippen LogP contribution is 2.20. The Morgan fingerprint density at radius 3 is 3.16 bits per heavy atom. The molecule has 19 heavy (non-hydrogen) atoms. The van der Waals surface area contributed by atoms with Crippen molar-refractivity contribution in [2.75, 3.05) is 18.1 Å². The third kappa shape index (κ3) is 2.80. The van der Waals surface area contributed by atoms with Gasteiger partial charge in [-0.1, -0.05) is 18.2 Å². The van der Waals surface area contributed by atoms with E-state index in [0.29, 0.717) is 12.5 Å². The molecule has 1 atom stereocenters. The van der Waals surface area contributed by atoms with Crippen LogP contribution >= 0.6 is 11.8 Å². The molecule has 0 saturated carbocycles. The van der Waals surface area contributed by atoms with Crippen molar-refractivity contribution >= 4 is 28.4 Å². The van der Waals surface area contributed by atoms with Crippen LogP contribution in [0.2, 0.25) is 0 Å². The van der Waals surface area contributed by atoms with Gasteiger partial charge in [-0.05, 0) is 12.1 Å². The number of hydrogen-bond acceptors (Lipinski definition) is 4. The summed E-state index contributed by atoms with van der Waals surface area (Å²) >= 11 is 1.92. The van der Waals surface area contributed by atoms with Crippen LogP contribution in [0.5, 0.6) is 0 Å². The molecule has 98 valence electrons. The fraction of sp³-hybridized carbons (Fsp3) is 0.333. The summed E-state index contributed by atoms with van der Waals surface area (Å²) in [7, 11) is 0. The minimum absolute atomic E-state index is 0.207. The van der Waals surface area contributed by atoms with Crippen LogP contribution in [0, 0.1) is 0 Å². The van der Waals surface area contributed by atoms with Crippen molar-refractivity contribution in [3.8, 4) is 0 Å². The fourth-order valence-electron chi connectivity index (χ4n) is 2.43. The molecule has 1 aromatic carbocycles. The highest BCUT2D eigenvalue weighted by atomic mass is 32.2. The van der Waals surface area contributed by atoms with Crippen molar-refractivity contribution in [3.63, 3.8) is 0 Å². The summed E-state index contributed by atoms with van der Waals surface area (Å²) in [6, 6.07) is 9.92. The van der Waals surface area contributed by atoms with Gasteiger partial charge in [0.15, 0.2) is 5.78 Å². The number of benzene rings is 1. The van der Waals surface area contributed by atoms with Gasteiger partial charge in [0, 0.05) is 47.7 Å². The molecule has 2 aromatic rings. The van der Waals surface area contributed by atoms with Crippen LogP contribution < -0.4 is 5.32 Å². The maximum Gasteiger partial charge on any atom is 0.165 e. The number of carbonyl (C=O) groups is 1. The van der Waals surface area contributed by atoms with E-state index in [1.165, 1.54) is 0 Å². The summed E-state index contributed by atoms with van der Waals surface area (Å²) in [5, 5.41) is 4.37. The van der Waals surface area contributed by atoms with Gasteiger partial charge in [0.25, 0.3) is 0 Å². The Morgan fingerprint density at radius 2 is 2.32 bits per heavy atom. The molecule has 1 aliphatic rings. The number of carbonyl (C=O) groups excluding carboxylic acids is 1. The highest BCUT2D eigenvalue weighted by molar-refractivity contribution is 7.99. The molecule has 2 heterocycles. The fourth-order valence-corrected chi connectivity index (χ4v) is 3.38. The topological polar surface area (TPSA) is 42.0 Å². The van der Waals surface area contributed by atoms with Crippen molar-refractivity contribution in [1.82, 2.24) is 10.3 Å². The van der Waals surface area contributed by atoms with Gasteiger partial charge >= 0.3 is 0 Å². The first-order chi connectivity index (χ1) is 9.34. The minimum Gasteiger partial charge on any atom is -0.312 e. The van der Waals surface area contributed by atoms with Crippen molar-refractivity contribution in [3.05, 3.63) is 42.1 Å². The zero-order chi connectivity index (χ0) is 13.1. The monoisotopic (exact) mass is 272 g/mol. The van der Waals surface area contributed by atoms with E-state index in [1.54, 1.807) is 6.20 Å². The second-order valence-electron chi connectivity index (χ2n) is 4.73. The van der Waals surface area contributed by atoms with Gasteiger partial charge in [0.05, 0.1) is 5.52 Å². The molecule has 1 unspecified atom stereocenters. The van der Waals surface area contributed by atoms with Gasteiger partial charge < -0.3 is 5.32 Å². The lowest BCUT2D eigenvalue weighted by Crippen LogP contribution is -2.38. The van der Waals surface area contributed by atoms with E-state index in [0.717, 1.165) is 34.5 Å². The van der Waals surface area contributed by atoms with Crippen LogP contribution in [0.4, 0.5) is 0 Å². The lowest BCUT2D eigenvalue weighted by Gasteiger charge is -2.22. The summed E-state index contributed by atoms with van der Waals surface area (Å²) in [6.45, 7) is 1.000. The number of hydrogen-bond donors (Lipinski definition) is 1. The maximum atomic E-state index is 12.4. The van der Waals surface area contributed by atoms with Crippen LogP contribution in [-0.2, 0) is 0 Å². The predicted molar refractivity (Wildman–Crippen MR) is 79.8 cm³/mol. The number of fused-ring (bicyclic) bond motifs is 1. The minimum atomic E-state index is 0.207. The highest BCUT2D eigenvalue weighted by Gasteiger charge is 2.18. The van der Waals surface area contributed by atoms with Crippen molar-refractivity contribution in [2.45, 2.75) is 12.5 Å². The summed E-state index contributed by atoms with van der Waals surface area (Å²) in [5.41, 5.74) is 1.68. The van der Waals surface area contributed by atoms with Crippen molar-refractivity contribution in [2.24, 2.45) is 0 Å². The summed E-state index contributed by atoms with van der Waals surface area (Å²) in [6.07, 6.45) is 2.33. The molecule has 1 aliphatic heterocycles. The molecule has 3 nitrogen and oxygen atoms in total. The Bertz CT molecular complexity index is 588. The molecule has 0 aliphatic carbocycles. The quantitative estimate of drug-likeness (QED) is 0.872. The van der Waals surface area contributed by atoms with Crippen molar-refractivity contribution in [1.29, 1.82) is 0 Å². The van der Waals surface area contributed by atoms with Crippen LogP contribution in [-0.4, -0.2) is 34.9 Å². The molecule has 1 fully saturated rings. The van der Waals surface area contributed by atoms with E-state index >= 15 is 0 Å². The number of thioether (sulfide) groups is 1. The molecule has 0 bridgehead atoms. The third-order valence-electron chi connectivity index (χ3n) is 3.38. The van der Waals surface area contributed by atoms with Crippen molar-refractivity contribution < 1.29 is 4.79 Å². The molecule has 1 N–H and O–H groups in total. The first-order valence-corrected chi connectivity index (χ1v) is 7.68. The average Bonchev–Trinajstić information content (AvgIpc) is 2.47. The number of aromatic nitrogens is 1. The maximum absolute atomic E-state index is 12.4. The van der Waals surface area contributed by atoms with Crippen LogP contribution in [0.3, 0.4) is 0 Å². The van der Waals surface area contributed by atoms with Crippen LogP contribution in [0.15, 0.2) is 36.5 Å². The Hall–Kier alpha value is -1.39. The van der Waals surface area contributed by atoms with E-state index in [4.69, 9.17) is 0 Å². The SMILES string of the molecule is O=C(CC1CSCCN1)c1cccc2ncccc12. The zero-order valence-corrected chi connectivity index (χ0v) is 11.5. The summed E-state index contributed by atoms with van der Waals surface area (Å²) in [5.74, 6) is 2.37. The lowest BCUT2D eigenvalue weighted by molar-refractivity contribution is 0.0973. The molecule has 1 aromatic heterocycles. The van der Waals surface area contributed by atoms with Crippen LogP contribution in [0.25, 0.3) is 10.9 Å².